The van der Waals surface area contributed by atoms with Crippen molar-refractivity contribution < 1.29 is 19.5 Å². The number of imide groups is 1. The highest BCUT2D eigenvalue weighted by molar-refractivity contribution is 6.43. The molecule has 168 valence electrons. The lowest BCUT2D eigenvalue weighted by Crippen LogP contribution is -2.42. The van der Waals surface area contributed by atoms with Crippen LogP contribution >= 0.6 is 34.8 Å². The Morgan fingerprint density at radius 1 is 0.970 bits per heavy atom. The fourth-order valence-corrected chi connectivity index (χ4v) is 5.68. The summed E-state index contributed by atoms with van der Waals surface area (Å²) < 4.78 is 0. The fraction of sp³-hybridized carbons (Fsp3) is 0.208. The number of benzene rings is 3. The average molecular weight is 504 g/mol. The molecule has 2 aliphatic heterocycles. The third kappa shape index (κ3) is 3.58. The molecule has 6 nitrogen and oxygen atoms in total. The molecular formula is C24H17Cl3N2O4. The standard InChI is InChI=1S/C24H17Cl3N2O4/c25-13-8-15(19(27)16(26)9-13)20-17-18(21(28-20)24(32)33)23(31)29(22(17)30)10-12-6-3-5-11-4-1-2-7-14(11)12/h1-9,17-18,20-21,28H,10H2,(H,32,33). The molecule has 0 aromatic heterocycles. The topological polar surface area (TPSA) is 86.7 Å². The summed E-state index contributed by atoms with van der Waals surface area (Å²) in [6.45, 7) is 0.0507. The average Bonchev–Trinajstić information content (AvgIpc) is 3.29. The van der Waals surface area contributed by atoms with E-state index in [1.807, 2.05) is 42.5 Å². The Labute approximate surface area is 204 Å². The lowest BCUT2D eigenvalue weighted by molar-refractivity contribution is -0.146. The van der Waals surface area contributed by atoms with Gasteiger partial charge in [0.15, 0.2) is 0 Å². The third-order valence-electron chi connectivity index (χ3n) is 6.40. The Hall–Kier alpha value is -2.64. The molecule has 0 bridgehead atoms. The zero-order valence-corrected chi connectivity index (χ0v) is 19.2. The highest BCUT2D eigenvalue weighted by atomic mass is 35.5. The van der Waals surface area contributed by atoms with Crippen molar-refractivity contribution in [2.75, 3.05) is 0 Å². The van der Waals surface area contributed by atoms with E-state index >= 15 is 0 Å². The van der Waals surface area contributed by atoms with Crippen molar-refractivity contribution in [2.45, 2.75) is 18.6 Å². The molecule has 0 radical (unpaired) electrons. The number of rotatable bonds is 4. The summed E-state index contributed by atoms with van der Waals surface area (Å²) in [7, 11) is 0. The molecule has 4 atom stereocenters. The second-order valence-electron chi connectivity index (χ2n) is 8.20. The maximum absolute atomic E-state index is 13.5. The van der Waals surface area contributed by atoms with E-state index in [9.17, 15) is 19.5 Å². The van der Waals surface area contributed by atoms with Crippen molar-refractivity contribution in [1.29, 1.82) is 0 Å². The van der Waals surface area contributed by atoms with Crippen LogP contribution in [0, 0.1) is 11.8 Å². The van der Waals surface area contributed by atoms with Gasteiger partial charge in [0.2, 0.25) is 11.8 Å². The molecular weight excluding hydrogens is 487 g/mol. The van der Waals surface area contributed by atoms with Crippen molar-refractivity contribution >= 4 is 63.4 Å². The van der Waals surface area contributed by atoms with E-state index in [0.717, 1.165) is 21.2 Å². The Morgan fingerprint density at radius 3 is 2.42 bits per heavy atom. The van der Waals surface area contributed by atoms with Gasteiger partial charge in [-0.05, 0) is 34.0 Å². The highest BCUT2D eigenvalue weighted by Crippen LogP contribution is 2.47. The van der Waals surface area contributed by atoms with Crippen LogP contribution in [-0.4, -0.2) is 33.8 Å². The summed E-state index contributed by atoms with van der Waals surface area (Å²) in [5.74, 6) is -4.20. The largest absolute Gasteiger partial charge is 0.480 e. The van der Waals surface area contributed by atoms with Gasteiger partial charge in [0.05, 0.1) is 28.4 Å². The normalized spacial score (nSPS) is 24.5. The summed E-state index contributed by atoms with van der Waals surface area (Å²) in [5, 5.41) is 15.2. The van der Waals surface area contributed by atoms with E-state index in [4.69, 9.17) is 34.8 Å². The van der Waals surface area contributed by atoms with Gasteiger partial charge in [-0.1, -0.05) is 77.3 Å². The quantitative estimate of drug-likeness (QED) is 0.398. The number of aliphatic carboxylic acids is 1. The van der Waals surface area contributed by atoms with Crippen molar-refractivity contribution in [3.63, 3.8) is 0 Å². The number of likely N-dealkylation sites (tertiary alicyclic amines) is 1. The van der Waals surface area contributed by atoms with E-state index in [0.29, 0.717) is 10.6 Å². The van der Waals surface area contributed by atoms with Crippen LogP contribution in [0.1, 0.15) is 17.2 Å². The van der Waals surface area contributed by atoms with Crippen molar-refractivity contribution in [3.05, 3.63) is 80.8 Å². The number of fused-ring (bicyclic) bond motifs is 2. The minimum absolute atomic E-state index is 0.0507. The zero-order valence-electron chi connectivity index (χ0n) is 17.0. The van der Waals surface area contributed by atoms with Crippen molar-refractivity contribution in [3.8, 4) is 0 Å². The molecule has 3 aromatic carbocycles. The molecule has 9 heteroatoms. The number of carbonyl (C=O) groups is 3. The molecule has 0 saturated carbocycles. The summed E-state index contributed by atoms with van der Waals surface area (Å²) >= 11 is 18.7. The minimum Gasteiger partial charge on any atom is -0.480 e. The summed E-state index contributed by atoms with van der Waals surface area (Å²) in [6, 6.07) is 14.3. The van der Waals surface area contributed by atoms with Crippen LogP contribution in [0.3, 0.4) is 0 Å². The van der Waals surface area contributed by atoms with Crippen molar-refractivity contribution in [1.82, 2.24) is 10.2 Å². The fourth-order valence-electron chi connectivity index (χ4n) is 4.94. The van der Waals surface area contributed by atoms with E-state index in [1.54, 1.807) is 6.07 Å². The number of nitrogens with one attached hydrogen (secondary N) is 1. The van der Waals surface area contributed by atoms with Crippen LogP contribution in [0.5, 0.6) is 0 Å². The number of carboxylic acids is 1. The first-order valence-electron chi connectivity index (χ1n) is 10.2. The van der Waals surface area contributed by atoms with Gasteiger partial charge in [-0.15, -0.1) is 0 Å². The monoisotopic (exact) mass is 502 g/mol. The Balaban J connectivity index is 1.56. The summed E-state index contributed by atoms with van der Waals surface area (Å²) in [4.78, 5) is 40.1. The molecule has 3 aromatic rings. The first kappa shape index (κ1) is 22.2. The van der Waals surface area contributed by atoms with Crippen LogP contribution < -0.4 is 5.32 Å². The molecule has 4 unspecified atom stereocenters. The van der Waals surface area contributed by atoms with Crippen LogP contribution in [0.15, 0.2) is 54.6 Å². The number of carboxylic acid groups (broad SMARTS) is 1. The first-order chi connectivity index (χ1) is 15.8. The van der Waals surface area contributed by atoms with Crippen LogP contribution in [-0.2, 0) is 20.9 Å². The molecule has 33 heavy (non-hydrogen) atoms. The smallest absolute Gasteiger partial charge is 0.321 e. The predicted octanol–water partition coefficient (Wildman–Crippen LogP) is 4.70. The summed E-state index contributed by atoms with van der Waals surface area (Å²) in [6.07, 6.45) is 0. The number of hydrogen-bond donors (Lipinski definition) is 2. The van der Waals surface area contributed by atoms with Gasteiger partial charge >= 0.3 is 5.97 Å². The van der Waals surface area contributed by atoms with Gasteiger partial charge in [-0.25, -0.2) is 0 Å². The second-order valence-corrected chi connectivity index (χ2v) is 9.43. The highest BCUT2D eigenvalue weighted by Gasteiger charge is 2.61. The number of amides is 2. The Bertz CT molecular complexity index is 1320. The molecule has 2 N–H and O–H groups in total. The molecule has 0 aliphatic carbocycles. The first-order valence-corrected chi connectivity index (χ1v) is 11.4. The number of hydrogen-bond acceptors (Lipinski definition) is 4. The SMILES string of the molecule is O=C(O)C1NC(c2cc(Cl)cc(Cl)c2Cl)C2C(=O)N(Cc3cccc4ccccc34)C(=O)C12. The number of nitrogens with zero attached hydrogens (tertiary/aromatic N) is 1. The van der Waals surface area contributed by atoms with Crippen LogP contribution in [0.2, 0.25) is 15.1 Å². The molecule has 0 spiro atoms. The molecule has 2 saturated heterocycles. The predicted molar refractivity (Wildman–Crippen MR) is 125 cm³/mol. The molecule has 2 heterocycles. The third-order valence-corrected chi connectivity index (χ3v) is 7.43. The van der Waals surface area contributed by atoms with Gasteiger partial charge < -0.3 is 5.11 Å². The van der Waals surface area contributed by atoms with E-state index < -0.39 is 41.7 Å². The zero-order chi connectivity index (χ0) is 23.4. The van der Waals surface area contributed by atoms with E-state index in [-0.39, 0.29) is 16.6 Å². The lowest BCUT2D eigenvalue weighted by atomic mass is 9.86. The van der Waals surface area contributed by atoms with E-state index in [1.165, 1.54) is 6.07 Å². The molecule has 5 rings (SSSR count). The van der Waals surface area contributed by atoms with Gasteiger partial charge in [-0.2, -0.15) is 0 Å². The minimum atomic E-state index is -1.25. The van der Waals surface area contributed by atoms with Crippen LogP contribution in [0.4, 0.5) is 0 Å². The Kier molecular flexibility index (Phi) is 5.57. The van der Waals surface area contributed by atoms with Crippen LogP contribution in [0.25, 0.3) is 10.8 Å². The molecule has 2 amide bonds. The van der Waals surface area contributed by atoms with E-state index in [2.05, 4.69) is 5.32 Å². The molecule has 2 fully saturated rings. The van der Waals surface area contributed by atoms with Gasteiger partial charge in [0, 0.05) is 11.1 Å². The maximum Gasteiger partial charge on any atom is 0.321 e. The second kappa shape index (κ2) is 8.29. The number of halogens is 3. The Morgan fingerprint density at radius 2 is 1.67 bits per heavy atom. The molecule has 2 aliphatic rings. The number of carbonyl (C=O) groups excluding carboxylic acids is 2. The maximum atomic E-state index is 13.5. The van der Waals surface area contributed by atoms with Gasteiger partial charge in [0.25, 0.3) is 0 Å². The van der Waals surface area contributed by atoms with Crippen molar-refractivity contribution in [2.24, 2.45) is 11.8 Å². The lowest BCUT2D eigenvalue weighted by Gasteiger charge is -2.23. The van der Waals surface area contributed by atoms with Gasteiger partial charge in [0.1, 0.15) is 6.04 Å². The van der Waals surface area contributed by atoms with Gasteiger partial charge in [-0.3, -0.25) is 24.6 Å². The summed E-state index contributed by atoms with van der Waals surface area (Å²) in [5.41, 5.74) is 1.19.